The number of carbonyl (C=O) groups excluding carboxylic acids is 1. The van der Waals surface area contributed by atoms with Crippen LogP contribution in [0.4, 0.5) is 17.3 Å². The van der Waals surface area contributed by atoms with Gasteiger partial charge in [0.25, 0.3) is 5.91 Å². The highest BCUT2D eigenvalue weighted by Crippen LogP contribution is 2.25. The van der Waals surface area contributed by atoms with Crippen LogP contribution >= 0.6 is 0 Å². The fourth-order valence-corrected chi connectivity index (χ4v) is 3.35. The van der Waals surface area contributed by atoms with Crippen LogP contribution in [0.15, 0.2) is 59.2 Å². The molecule has 4 rings (SSSR count). The molecule has 7 nitrogen and oxygen atoms in total. The lowest BCUT2D eigenvalue weighted by Crippen LogP contribution is -2.49. The van der Waals surface area contributed by atoms with Crippen molar-refractivity contribution in [1.29, 1.82) is 0 Å². The Hall–Kier alpha value is -3.35. The molecule has 3 heterocycles. The Labute approximate surface area is 164 Å². The summed E-state index contributed by atoms with van der Waals surface area (Å²) in [4.78, 5) is 27.7. The van der Waals surface area contributed by atoms with Gasteiger partial charge in [0, 0.05) is 45.0 Å². The lowest BCUT2D eigenvalue weighted by atomic mass is 10.2. The zero-order valence-corrected chi connectivity index (χ0v) is 16.1. The van der Waals surface area contributed by atoms with E-state index in [2.05, 4.69) is 31.9 Å². The minimum Gasteiger partial charge on any atom is -0.459 e. The molecule has 0 atom stereocenters. The van der Waals surface area contributed by atoms with Crippen LogP contribution < -0.4 is 9.80 Å². The monoisotopic (exact) mass is 377 g/mol. The summed E-state index contributed by atoms with van der Waals surface area (Å²) in [6, 6.07) is 15.6. The van der Waals surface area contributed by atoms with E-state index < -0.39 is 0 Å². The Morgan fingerprint density at radius 1 is 1.04 bits per heavy atom. The van der Waals surface area contributed by atoms with Gasteiger partial charge in [0.15, 0.2) is 5.76 Å². The molecule has 1 saturated heterocycles. The van der Waals surface area contributed by atoms with E-state index in [9.17, 15) is 4.79 Å². The fourth-order valence-electron chi connectivity index (χ4n) is 3.35. The zero-order valence-electron chi connectivity index (χ0n) is 16.1. The standard InChI is InChI=1S/C21H23N5O2/c1-16-22-19(24(2)17-7-4-3-5-8-17)15-20(23-16)25-10-12-26(13-11-25)21(27)18-9-6-14-28-18/h3-9,14-15H,10-13H2,1-2H3. The van der Waals surface area contributed by atoms with Crippen LogP contribution in [0.25, 0.3) is 0 Å². The number of anilines is 3. The van der Waals surface area contributed by atoms with Crippen LogP contribution in [0.1, 0.15) is 16.4 Å². The fraction of sp³-hybridized carbons (Fsp3) is 0.286. The Morgan fingerprint density at radius 3 is 2.46 bits per heavy atom. The van der Waals surface area contributed by atoms with Gasteiger partial charge in [0.2, 0.25) is 0 Å². The van der Waals surface area contributed by atoms with E-state index in [-0.39, 0.29) is 5.91 Å². The van der Waals surface area contributed by atoms with Crippen LogP contribution in [0, 0.1) is 6.92 Å². The molecule has 1 aliphatic heterocycles. The van der Waals surface area contributed by atoms with Gasteiger partial charge in [-0.3, -0.25) is 4.79 Å². The van der Waals surface area contributed by atoms with Gasteiger partial charge in [-0.15, -0.1) is 0 Å². The molecule has 0 radical (unpaired) electrons. The Balaban J connectivity index is 1.48. The molecule has 0 aliphatic carbocycles. The number of aryl methyl sites for hydroxylation is 1. The van der Waals surface area contributed by atoms with E-state index in [1.54, 1.807) is 12.1 Å². The maximum atomic E-state index is 12.4. The number of aromatic nitrogens is 2. The molecule has 0 N–H and O–H groups in total. The number of para-hydroxylation sites is 1. The number of amides is 1. The van der Waals surface area contributed by atoms with E-state index in [0.717, 1.165) is 36.2 Å². The molecule has 1 fully saturated rings. The summed E-state index contributed by atoms with van der Waals surface area (Å²) in [7, 11) is 2.00. The van der Waals surface area contributed by atoms with Gasteiger partial charge in [0.05, 0.1) is 6.26 Å². The minimum absolute atomic E-state index is 0.0620. The lowest BCUT2D eigenvalue weighted by Gasteiger charge is -2.35. The second kappa shape index (κ2) is 7.72. The van der Waals surface area contributed by atoms with Gasteiger partial charge >= 0.3 is 0 Å². The second-order valence-electron chi connectivity index (χ2n) is 6.78. The van der Waals surface area contributed by atoms with Crippen molar-refractivity contribution in [3.8, 4) is 0 Å². The molecule has 3 aromatic rings. The number of carbonyl (C=O) groups is 1. The van der Waals surface area contributed by atoms with E-state index in [1.807, 2.05) is 43.1 Å². The van der Waals surface area contributed by atoms with Crippen LogP contribution in [0.2, 0.25) is 0 Å². The first-order valence-corrected chi connectivity index (χ1v) is 9.34. The third kappa shape index (κ3) is 3.69. The SMILES string of the molecule is Cc1nc(N2CCN(C(=O)c3ccco3)CC2)cc(N(C)c2ccccc2)n1. The molecule has 1 amide bonds. The Kier molecular flexibility index (Phi) is 4.97. The summed E-state index contributed by atoms with van der Waals surface area (Å²) in [5.74, 6) is 2.79. The lowest BCUT2D eigenvalue weighted by molar-refractivity contribution is 0.0714. The van der Waals surface area contributed by atoms with Gasteiger partial charge < -0.3 is 19.1 Å². The summed E-state index contributed by atoms with van der Waals surface area (Å²) in [6.07, 6.45) is 1.53. The van der Waals surface area contributed by atoms with Gasteiger partial charge in [-0.2, -0.15) is 0 Å². The van der Waals surface area contributed by atoms with Crippen LogP contribution in [-0.4, -0.2) is 54.0 Å². The van der Waals surface area contributed by atoms with Crippen molar-refractivity contribution in [2.24, 2.45) is 0 Å². The van der Waals surface area contributed by atoms with Gasteiger partial charge in [0.1, 0.15) is 17.5 Å². The highest BCUT2D eigenvalue weighted by molar-refractivity contribution is 5.91. The van der Waals surface area contributed by atoms with E-state index >= 15 is 0 Å². The predicted molar refractivity (Wildman–Crippen MR) is 108 cm³/mol. The molecule has 0 bridgehead atoms. The Morgan fingerprint density at radius 2 is 1.79 bits per heavy atom. The summed E-state index contributed by atoms with van der Waals surface area (Å²) in [5, 5.41) is 0. The Bertz CT molecular complexity index is 935. The number of furan rings is 1. The third-order valence-electron chi connectivity index (χ3n) is 4.92. The smallest absolute Gasteiger partial charge is 0.289 e. The maximum absolute atomic E-state index is 12.4. The summed E-state index contributed by atoms with van der Waals surface area (Å²) < 4.78 is 5.23. The molecule has 0 spiro atoms. The van der Waals surface area contributed by atoms with Crippen LogP contribution in [-0.2, 0) is 0 Å². The molecule has 28 heavy (non-hydrogen) atoms. The summed E-state index contributed by atoms with van der Waals surface area (Å²) >= 11 is 0. The average Bonchev–Trinajstić information content (AvgIpc) is 3.28. The predicted octanol–water partition coefficient (Wildman–Crippen LogP) is 3.11. The van der Waals surface area contributed by atoms with E-state index in [0.29, 0.717) is 18.8 Å². The number of piperazine rings is 1. The molecule has 1 aromatic carbocycles. The minimum atomic E-state index is -0.0620. The molecular formula is C21H23N5O2. The van der Waals surface area contributed by atoms with E-state index in [4.69, 9.17) is 4.42 Å². The van der Waals surface area contributed by atoms with Gasteiger partial charge in [-0.1, -0.05) is 18.2 Å². The zero-order chi connectivity index (χ0) is 19.5. The van der Waals surface area contributed by atoms with Crippen LogP contribution in [0.5, 0.6) is 0 Å². The molecular weight excluding hydrogens is 354 g/mol. The first-order chi connectivity index (χ1) is 13.6. The number of nitrogens with zero attached hydrogens (tertiary/aromatic N) is 5. The molecule has 1 aliphatic rings. The normalized spacial score (nSPS) is 14.2. The van der Waals surface area contributed by atoms with Gasteiger partial charge in [-0.05, 0) is 31.2 Å². The van der Waals surface area contributed by atoms with Crippen molar-refractivity contribution in [3.05, 3.63) is 66.4 Å². The number of benzene rings is 1. The molecule has 2 aromatic heterocycles. The van der Waals surface area contributed by atoms with Gasteiger partial charge in [-0.25, -0.2) is 9.97 Å². The van der Waals surface area contributed by atoms with Crippen molar-refractivity contribution >= 4 is 23.2 Å². The highest BCUT2D eigenvalue weighted by atomic mass is 16.3. The molecule has 0 unspecified atom stereocenters. The van der Waals surface area contributed by atoms with Crippen LogP contribution in [0.3, 0.4) is 0 Å². The largest absolute Gasteiger partial charge is 0.459 e. The van der Waals surface area contributed by atoms with Crippen molar-refractivity contribution in [3.63, 3.8) is 0 Å². The summed E-state index contributed by atoms with van der Waals surface area (Å²) in [6.45, 7) is 4.61. The van der Waals surface area contributed by atoms with Crippen molar-refractivity contribution in [1.82, 2.24) is 14.9 Å². The van der Waals surface area contributed by atoms with Crippen molar-refractivity contribution < 1.29 is 9.21 Å². The first kappa shape index (κ1) is 18.0. The summed E-state index contributed by atoms with van der Waals surface area (Å²) in [5.41, 5.74) is 1.07. The number of hydrogen-bond donors (Lipinski definition) is 0. The third-order valence-corrected chi connectivity index (χ3v) is 4.92. The first-order valence-electron chi connectivity index (χ1n) is 9.34. The highest BCUT2D eigenvalue weighted by Gasteiger charge is 2.25. The quantitative estimate of drug-likeness (QED) is 0.696. The van der Waals surface area contributed by atoms with Crippen molar-refractivity contribution in [2.75, 3.05) is 43.0 Å². The maximum Gasteiger partial charge on any atom is 0.289 e. The molecule has 144 valence electrons. The van der Waals surface area contributed by atoms with Crippen molar-refractivity contribution in [2.45, 2.75) is 6.92 Å². The topological polar surface area (TPSA) is 65.7 Å². The number of rotatable bonds is 4. The average molecular weight is 377 g/mol. The molecule has 7 heteroatoms. The van der Waals surface area contributed by atoms with E-state index in [1.165, 1.54) is 6.26 Å². The number of hydrogen-bond acceptors (Lipinski definition) is 6. The molecule has 0 saturated carbocycles. The second-order valence-corrected chi connectivity index (χ2v) is 6.78.